The lowest BCUT2D eigenvalue weighted by Gasteiger charge is -2.26. The minimum atomic E-state index is -0.610. The molecule has 0 aromatic heterocycles. The van der Waals surface area contributed by atoms with Crippen molar-refractivity contribution in [2.24, 2.45) is 0 Å². The van der Waals surface area contributed by atoms with E-state index >= 15 is 0 Å². The molecule has 0 bridgehead atoms. The molecule has 5 heteroatoms. The van der Waals surface area contributed by atoms with Crippen LogP contribution in [0.15, 0.2) is 24.3 Å². The monoisotopic (exact) mass is 292 g/mol. The predicted octanol–water partition coefficient (Wildman–Crippen LogP) is 2.15. The first kappa shape index (κ1) is 15.0. The van der Waals surface area contributed by atoms with Crippen LogP contribution in [0.4, 0.5) is 0 Å². The number of ether oxygens (including phenoxy) is 1. The second kappa shape index (κ2) is 7.41. The fourth-order valence-corrected chi connectivity index (χ4v) is 3.68. The number of nitrogens with one attached hydrogen (secondary N) is 1. The van der Waals surface area contributed by atoms with Crippen molar-refractivity contribution in [2.45, 2.75) is 31.8 Å². The normalized spacial score (nSPS) is 23.8. The maximum absolute atomic E-state index is 11.3. The molecule has 20 heavy (non-hydrogen) atoms. The molecule has 1 atom stereocenters. The van der Waals surface area contributed by atoms with Gasteiger partial charge in [0.1, 0.15) is 11.8 Å². The van der Waals surface area contributed by atoms with E-state index in [4.69, 9.17) is 10.00 Å². The van der Waals surface area contributed by atoms with Gasteiger partial charge in [0.25, 0.3) is 0 Å². The summed E-state index contributed by atoms with van der Waals surface area (Å²) in [5.74, 6) is 2.34. The van der Waals surface area contributed by atoms with Crippen LogP contribution in [0, 0.1) is 11.3 Å². The van der Waals surface area contributed by atoms with E-state index in [0.717, 1.165) is 30.1 Å². The van der Waals surface area contributed by atoms with Gasteiger partial charge in [0.2, 0.25) is 0 Å². The van der Waals surface area contributed by atoms with E-state index in [9.17, 15) is 4.21 Å². The average Bonchev–Trinajstić information content (AvgIpc) is 2.48. The molecule has 1 saturated heterocycles. The van der Waals surface area contributed by atoms with Crippen molar-refractivity contribution in [3.8, 4) is 11.8 Å². The van der Waals surface area contributed by atoms with Gasteiger partial charge in [-0.25, -0.2) is 0 Å². The molecule has 108 valence electrons. The van der Waals surface area contributed by atoms with Gasteiger partial charge in [0.15, 0.2) is 6.61 Å². The summed E-state index contributed by atoms with van der Waals surface area (Å²) in [5.41, 5.74) is 1.20. The Balaban J connectivity index is 1.87. The van der Waals surface area contributed by atoms with E-state index in [1.807, 2.05) is 30.3 Å². The fraction of sp³-hybridized carbons (Fsp3) is 0.533. The van der Waals surface area contributed by atoms with Crippen molar-refractivity contribution in [3.05, 3.63) is 29.8 Å². The Morgan fingerprint density at radius 1 is 1.40 bits per heavy atom. The number of nitriles is 1. The predicted molar refractivity (Wildman–Crippen MR) is 80.0 cm³/mol. The summed E-state index contributed by atoms with van der Waals surface area (Å²) in [4.78, 5) is 0. The smallest absolute Gasteiger partial charge is 0.174 e. The van der Waals surface area contributed by atoms with E-state index in [1.54, 1.807) is 0 Å². The summed E-state index contributed by atoms with van der Waals surface area (Å²) >= 11 is 0. The number of rotatable bonds is 5. The third-order valence-corrected chi connectivity index (χ3v) is 4.94. The highest BCUT2D eigenvalue weighted by atomic mass is 32.2. The Hall–Kier alpha value is -1.38. The Morgan fingerprint density at radius 2 is 2.05 bits per heavy atom. The fourth-order valence-electron chi connectivity index (χ4n) is 2.38. The van der Waals surface area contributed by atoms with Crippen LogP contribution in [-0.4, -0.2) is 28.4 Å². The van der Waals surface area contributed by atoms with E-state index in [2.05, 4.69) is 12.2 Å². The van der Waals surface area contributed by atoms with Gasteiger partial charge < -0.3 is 10.1 Å². The first-order valence-electron chi connectivity index (χ1n) is 6.90. The third-order valence-electron chi connectivity index (χ3n) is 3.56. The summed E-state index contributed by atoms with van der Waals surface area (Å²) in [6, 6.07) is 10.5. The van der Waals surface area contributed by atoms with Gasteiger partial charge >= 0.3 is 0 Å². The topological polar surface area (TPSA) is 62.1 Å². The van der Waals surface area contributed by atoms with E-state index in [0.29, 0.717) is 6.04 Å². The van der Waals surface area contributed by atoms with Gasteiger partial charge in [0, 0.05) is 34.4 Å². The van der Waals surface area contributed by atoms with Gasteiger partial charge in [-0.2, -0.15) is 5.26 Å². The lowest BCUT2D eigenvalue weighted by atomic mass is 10.1. The van der Waals surface area contributed by atoms with Crippen molar-refractivity contribution in [1.82, 2.24) is 5.32 Å². The molecular weight excluding hydrogens is 272 g/mol. The molecule has 0 amide bonds. The summed E-state index contributed by atoms with van der Waals surface area (Å²) in [5, 5.41) is 12.1. The Bertz CT molecular complexity index is 486. The molecule has 1 heterocycles. The maximum atomic E-state index is 11.3. The molecule has 1 aromatic rings. The summed E-state index contributed by atoms with van der Waals surface area (Å²) in [7, 11) is -0.610. The number of hydrogen-bond acceptors (Lipinski definition) is 4. The first-order chi connectivity index (χ1) is 9.69. The highest BCUT2D eigenvalue weighted by Gasteiger charge is 2.19. The second-order valence-corrected chi connectivity index (χ2v) is 6.72. The molecular formula is C15H20N2O2S. The number of nitrogens with zero attached hydrogens (tertiary/aromatic N) is 1. The van der Waals surface area contributed by atoms with Crippen molar-refractivity contribution in [1.29, 1.82) is 5.26 Å². The van der Waals surface area contributed by atoms with Crippen molar-refractivity contribution >= 4 is 10.8 Å². The molecule has 1 unspecified atom stereocenters. The molecule has 1 N–H and O–H groups in total. The summed E-state index contributed by atoms with van der Waals surface area (Å²) in [6.45, 7) is 2.21. The minimum Gasteiger partial charge on any atom is -0.479 e. The van der Waals surface area contributed by atoms with Crippen LogP contribution in [-0.2, 0) is 10.8 Å². The molecule has 2 rings (SSSR count). The van der Waals surface area contributed by atoms with Crippen LogP contribution in [0.25, 0.3) is 0 Å². The van der Waals surface area contributed by atoms with Crippen LogP contribution in [0.5, 0.6) is 5.75 Å². The Labute approximate surface area is 122 Å². The number of hydrogen-bond donors (Lipinski definition) is 1. The lowest BCUT2D eigenvalue weighted by Crippen LogP contribution is -2.37. The second-order valence-electron chi connectivity index (χ2n) is 5.03. The first-order valence-corrected chi connectivity index (χ1v) is 8.38. The maximum Gasteiger partial charge on any atom is 0.174 e. The van der Waals surface area contributed by atoms with Crippen LogP contribution >= 0.6 is 0 Å². The minimum absolute atomic E-state index is 0.0758. The van der Waals surface area contributed by atoms with Gasteiger partial charge in [-0.1, -0.05) is 12.1 Å². The van der Waals surface area contributed by atoms with Crippen molar-refractivity contribution < 1.29 is 8.95 Å². The Kier molecular flexibility index (Phi) is 5.57. The quantitative estimate of drug-likeness (QED) is 0.903. The van der Waals surface area contributed by atoms with Crippen LogP contribution in [0.2, 0.25) is 0 Å². The summed E-state index contributed by atoms with van der Waals surface area (Å²) in [6.07, 6.45) is 1.97. The van der Waals surface area contributed by atoms with Crippen LogP contribution in [0.3, 0.4) is 0 Å². The summed E-state index contributed by atoms with van der Waals surface area (Å²) < 4.78 is 16.6. The van der Waals surface area contributed by atoms with Gasteiger partial charge in [-0.15, -0.1) is 0 Å². The molecule has 1 aliphatic rings. The zero-order chi connectivity index (χ0) is 14.4. The number of benzene rings is 1. The lowest BCUT2D eigenvalue weighted by molar-refractivity contribution is 0.367. The van der Waals surface area contributed by atoms with Gasteiger partial charge in [-0.3, -0.25) is 4.21 Å². The van der Waals surface area contributed by atoms with Crippen molar-refractivity contribution in [2.75, 3.05) is 18.1 Å². The molecule has 0 saturated carbocycles. The SMILES string of the molecule is CC(NC1CCS(=O)CC1)c1ccc(OCC#N)cc1. The van der Waals surface area contributed by atoms with E-state index in [1.165, 1.54) is 5.56 Å². The average molecular weight is 292 g/mol. The molecule has 1 aliphatic heterocycles. The third kappa shape index (κ3) is 4.32. The standard InChI is InChI=1S/C15H20N2O2S/c1-12(17-14-6-10-20(18)11-7-14)13-2-4-15(5-3-13)19-9-8-16/h2-5,12,14,17H,6-7,9-11H2,1H3. The largest absolute Gasteiger partial charge is 0.479 e. The molecule has 1 aromatic carbocycles. The highest BCUT2D eigenvalue weighted by Crippen LogP contribution is 2.20. The van der Waals surface area contributed by atoms with Gasteiger partial charge in [-0.05, 0) is 37.5 Å². The van der Waals surface area contributed by atoms with Gasteiger partial charge in [0.05, 0.1) is 0 Å². The van der Waals surface area contributed by atoms with Crippen molar-refractivity contribution in [3.63, 3.8) is 0 Å². The van der Waals surface area contributed by atoms with E-state index in [-0.39, 0.29) is 12.6 Å². The molecule has 0 spiro atoms. The van der Waals surface area contributed by atoms with Crippen LogP contribution in [0.1, 0.15) is 31.4 Å². The Morgan fingerprint density at radius 3 is 2.65 bits per heavy atom. The molecule has 0 aliphatic carbocycles. The van der Waals surface area contributed by atoms with E-state index < -0.39 is 10.8 Å². The zero-order valence-electron chi connectivity index (χ0n) is 11.7. The molecule has 1 fully saturated rings. The molecule has 0 radical (unpaired) electrons. The highest BCUT2D eigenvalue weighted by molar-refractivity contribution is 7.85. The zero-order valence-corrected chi connectivity index (χ0v) is 12.5. The van der Waals surface area contributed by atoms with Crippen LogP contribution < -0.4 is 10.1 Å². The molecule has 4 nitrogen and oxygen atoms in total.